The van der Waals surface area contributed by atoms with Gasteiger partial charge in [-0.25, -0.2) is 4.98 Å². The first-order valence-corrected chi connectivity index (χ1v) is 6.76. The summed E-state index contributed by atoms with van der Waals surface area (Å²) in [6.07, 6.45) is 0.928. The van der Waals surface area contributed by atoms with Crippen LogP contribution in [-0.2, 0) is 11.3 Å². The largest absolute Gasteiger partial charge is 0.340 e. The molecule has 1 aromatic heterocycles. The molecule has 0 aliphatic carbocycles. The van der Waals surface area contributed by atoms with Gasteiger partial charge in [-0.2, -0.15) is 0 Å². The van der Waals surface area contributed by atoms with E-state index in [2.05, 4.69) is 10.3 Å². The van der Waals surface area contributed by atoms with E-state index in [1.165, 1.54) is 4.88 Å². The second-order valence-electron chi connectivity index (χ2n) is 5.01. The Labute approximate surface area is 106 Å². The van der Waals surface area contributed by atoms with Crippen LogP contribution in [0.2, 0.25) is 0 Å². The molecule has 1 atom stereocenters. The number of rotatable bonds is 3. The van der Waals surface area contributed by atoms with Crippen LogP contribution in [0.4, 0.5) is 0 Å². The fourth-order valence-corrected chi connectivity index (χ4v) is 3.05. The monoisotopic (exact) mass is 253 g/mol. The van der Waals surface area contributed by atoms with Crippen LogP contribution < -0.4 is 5.32 Å². The number of hydrogen-bond acceptors (Lipinski definition) is 4. The maximum Gasteiger partial charge on any atom is 0.229 e. The first-order valence-electron chi connectivity index (χ1n) is 5.88. The molecule has 0 unspecified atom stereocenters. The first-order chi connectivity index (χ1) is 8.03. The minimum atomic E-state index is -0.229. The molecule has 1 N–H and O–H groups in total. The van der Waals surface area contributed by atoms with E-state index in [9.17, 15) is 4.79 Å². The molecule has 2 heterocycles. The van der Waals surface area contributed by atoms with Crippen molar-refractivity contribution in [1.29, 1.82) is 0 Å². The van der Waals surface area contributed by atoms with Gasteiger partial charge >= 0.3 is 0 Å². The summed E-state index contributed by atoms with van der Waals surface area (Å²) in [6.45, 7) is 6.44. The van der Waals surface area contributed by atoms with E-state index < -0.39 is 0 Å². The molecule has 2 rings (SSSR count). The molecule has 1 amide bonds. The normalized spacial score (nSPS) is 23.9. The van der Waals surface area contributed by atoms with E-state index in [1.807, 2.05) is 31.3 Å². The van der Waals surface area contributed by atoms with Crippen molar-refractivity contribution in [3.63, 3.8) is 0 Å². The van der Waals surface area contributed by atoms with Crippen LogP contribution in [0.3, 0.4) is 0 Å². The van der Waals surface area contributed by atoms with Crippen molar-refractivity contribution in [1.82, 2.24) is 15.2 Å². The minimum Gasteiger partial charge on any atom is -0.340 e. The van der Waals surface area contributed by atoms with Gasteiger partial charge < -0.3 is 10.2 Å². The lowest BCUT2D eigenvalue weighted by Gasteiger charge is -2.28. The Balaban J connectivity index is 2.03. The molecule has 1 aliphatic heterocycles. The Morgan fingerprint density at radius 1 is 1.71 bits per heavy atom. The third kappa shape index (κ3) is 2.50. The number of carbonyl (C=O) groups excluding carboxylic acids is 1. The number of hydrogen-bond donors (Lipinski definition) is 1. The van der Waals surface area contributed by atoms with Gasteiger partial charge in [-0.1, -0.05) is 0 Å². The van der Waals surface area contributed by atoms with E-state index in [1.54, 1.807) is 11.3 Å². The van der Waals surface area contributed by atoms with Crippen molar-refractivity contribution in [2.24, 2.45) is 5.41 Å². The summed E-state index contributed by atoms with van der Waals surface area (Å²) < 4.78 is 0. The first kappa shape index (κ1) is 12.5. The summed E-state index contributed by atoms with van der Waals surface area (Å²) in [4.78, 5) is 19.6. The number of nitrogens with one attached hydrogen (secondary N) is 1. The van der Waals surface area contributed by atoms with Gasteiger partial charge in [-0.15, -0.1) is 11.3 Å². The molecule has 4 nitrogen and oxygen atoms in total. The highest BCUT2D eigenvalue weighted by atomic mass is 32.1. The number of nitrogens with zero attached hydrogens (tertiary/aromatic N) is 2. The highest BCUT2D eigenvalue weighted by Gasteiger charge is 2.38. The Hall–Kier alpha value is -0.940. The number of aromatic nitrogens is 1. The summed E-state index contributed by atoms with van der Waals surface area (Å²) in [5.41, 5.74) is 2.64. The van der Waals surface area contributed by atoms with Gasteiger partial charge in [0, 0.05) is 18.5 Å². The minimum absolute atomic E-state index is 0.229. The molecule has 5 heteroatoms. The number of thiazole rings is 1. The topological polar surface area (TPSA) is 45.2 Å². The van der Waals surface area contributed by atoms with Crippen LogP contribution in [0.25, 0.3) is 0 Å². The van der Waals surface area contributed by atoms with Crippen molar-refractivity contribution >= 4 is 17.2 Å². The van der Waals surface area contributed by atoms with Gasteiger partial charge in [-0.3, -0.25) is 4.79 Å². The van der Waals surface area contributed by atoms with Gasteiger partial charge in [0.1, 0.15) is 0 Å². The summed E-state index contributed by atoms with van der Waals surface area (Å²) >= 11 is 1.62. The van der Waals surface area contributed by atoms with E-state index in [4.69, 9.17) is 0 Å². The molecule has 0 radical (unpaired) electrons. The van der Waals surface area contributed by atoms with Crippen molar-refractivity contribution in [2.45, 2.75) is 26.8 Å². The summed E-state index contributed by atoms with van der Waals surface area (Å²) in [6, 6.07) is 0. The predicted molar refractivity (Wildman–Crippen MR) is 68.9 cm³/mol. The van der Waals surface area contributed by atoms with Gasteiger partial charge in [0.25, 0.3) is 0 Å². The van der Waals surface area contributed by atoms with Crippen LogP contribution in [0.5, 0.6) is 0 Å². The van der Waals surface area contributed by atoms with Gasteiger partial charge in [0.05, 0.1) is 23.2 Å². The summed E-state index contributed by atoms with van der Waals surface area (Å²) in [5, 5.41) is 3.26. The fraction of sp³-hybridized carbons (Fsp3) is 0.667. The highest BCUT2D eigenvalue weighted by Crippen LogP contribution is 2.27. The molecule has 0 saturated carbocycles. The maximum absolute atomic E-state index is 12.4. The van der Waals surface area contributed by atoms with Gasteiger partial charge in [-0.05, 0) is 26.8 Å². The van der Waals surface area contributed by atoms with Crippen LogP contribution in [-0.4, -0.2) is 35.9 Å². The van der Waals surface area contributed by atoms with Crippen molar-refractivity contribution in [2.75, 3.05) is 20.1 Å². The average Bonchev–Trinajstić information content (AvgIpc) is 2.89. The third-order valence-electron chi connectivity index (χ3n) is 3.46. The molecular formula is C12H19N3OS. The second kappa shape index (κ2) is 4.74. The van der Waals surface area contributed by atoms with Crippen LogP contribution in [0.1, 0.15) is 23.9 Å². The van der Waals surface area contributed by atoms with E-state index in [0.29, 0.717) is 6.54 Å². The average molecular weight is 253 g/mol. The Morgan fingerprint density at radius 3 is 3.00 bits per heavy atom. The number of amides is 1. The quantitative estimate of drug-likeness (QED) is 0.886. The standard InChI is InChI=1S/C12H19N3OS/c1-9-10(17-8-14-9)6-15(3)11(16)12(2)4-5-13-7-12/h8,13H,4-7H2,1-3H3/t12-/m0/s1. The lowest BCUT2D eigenvalue weighted by Crippen LogP contribution is -2.41. The van der Waals surface area contributed by atoms with Crippen LogP contribution in [0.15, 0.2) is 5.51 Å². The molecule has 1 aromatic rings. The smallest absolute Gasteiger partial charge is 0.229 e. The number of aryl methyl sites for hydroxylation is 1. The SMILES string of the molecule is Cc1ncsc1CN(C)C(=O)[C@@]1(C)CCNC1. The predicted octanol–water partition coefficient (Wildman–Crippen LogP) is 1.41. The van der Waals surface area contributed by atoms with Crippen molar-refractivity contribution in [3.05, 3.63) is 16.1 Å². The Kier molecular flexibility index (Phi) is 3.49. The van der Waals surface area contributed by atoms with Gasteiger partial charge in [0.15, 0.2) is 0 Å². The van der Waals surface area contributed by atoms with Crippen LogP contribution in [0, 0.1) is 12.3 Å². The maximum atomic E-state index is 12.4. The molecule has 0 spiro atoms. The Morgan fingerprint density at radius 2 is 2.47 bits per heavy atom. The summed E-state index contributed by atoms with van der Waals surface area (Å²) in [7, 11) is 1.88. The second-order valence-corrected chi connectivity index (χ2v) is 5.95. The third-order valence-corrected chi connectivity index (χ3v) is 4.38. The molecule has 1 saturated heterocycles. The highest BCUT2D eigenvalue weighted by molar-refractivity contribution is 7.09. The molecule has 0 aromatic carbocycles. The zero-order valence-corrected chi connectivity index (χ0v) is 11.4. The molecule has 94 valence electrons. The Bertz CT molecular complexity index is 410. The zero-order chi connectivity index (χ0) is 12.5. The summed E-state index contributed by atoms with van der Waals surface area (Å²) in [5.74, 6) is 0.232. The van der Waals surface area contributed by atoms with E-state index in [-0.39, 0.29) is 11.3 Å². The van der Waals surface area contributed by atoms with Crippen molar-refractivity contribution in [3.8, 4) is 0 Å². The van der Waals surface area contributed by atoms with Gasteiger partial charge in [0.2, 0.25) is 5.91 Å². The molecular weight excluding hydrogens is 234 g/mol. The molecule has 1 aliphatic rings. The zero-order valence-electron chi connectivity index (χ0n) is 10.6. The van der Waals surface area contributed by atoms with Crippen molar-refractivity contribution < 1.29 is 4.79 Å². The molecule has 0 bridgehead atoms. The molecule has 17 heavy (non-hydrogen) atoms. The van der Waals surface area contributed by atoms with E-state index in [0.717, 1.165) is 25.2 Å². The lowest BCUT2D eigenvalue weighted by molar-refractivity contribution is -0.139. The van der Waals surface area contributed by atoms with Crippen LogP contribution >= 0.6 is 11.3 Å². The fourth-order valence-electron chi connectivity index (χ4n) is 2.23. The van der Waals surface area contributed by atoms with E-state index >= 15 is 0 Å². The molecule has 1 fully saturated rings. The lowest BCUT2D eigenvalue weighted by atomic mass is 9.88. The number of carbonyl (C=O) groups is 1.